The molecule has 0 bridgehead atoms. The molecule has 0 aliphatic heterocycles. The van der Waals surface area contributed by atoms with Crippen LogP contribution in [0, 0.1) is 0 Å². The Morgan fingerprint density at radius 2 is 2.00 bits per heavy atom. The van der Waals surface area contributed by atoms with E-state index in [4.69, 9.17) is 5.73 Å². The highest BCUT2D eigenvalue weighted by atomic mass is 16.1. The maximum Gasteiger partial charge on any atom is 0.218 e. The molecule has 0 saturated carbocycles. The highest BCUT2D eigenvalue weighted by Gasteiger charge is 2.30. The maximum atomic E-state index is 11.2. The van der Waals surface area contributed by atoms with Gasteiger partial charge in [-0.05, 0) is 12.0 Å². The van der Waals surface area contributed by atoms with Crippen molar-refractivity contribution in [1.29, 1.82) is 0 Å². The highest BCUT2D eigenvalue weighted by molar-refractivity contribution is 5.76. The third-order valence-corrected chi connectivity index (χ3v) is 2.98. The minimum atomic E-state index is -0.260. The molecular formula is C14H15NO. The van der Waals surface area contributed by atoms with Gasteiger partial charge in [-0.25, -0.2) is 0 Å². The summed E-state index contributed by atoms with van der Waals surface area (Å²) in [6.07, 6.45) is 9.33. The number of benzene rings is 1. The monoisotopic (exact) mass is 213 g/mol. The van der Waals surface area contributed by atoms with Crippen molar-refractivity contribution in [2.24, 2.45) is 5.73 Å². The summed E-state index contributed by atoms with van der Waals surface area (Å²) in [6.45, 7) is 0. The van der Waals surface area contributed by atoms with Gasteiger partial charge in [0.25, 0.3) is 0 Å². The molecule has 0 saturated heterocycles. The molecule has 1 aliphatic carbocycles. The zero-order valence-corrected chi connectivity index (χ0v) is 9.10. The molecule has 16 heavy (non-hydrogen) atoms. The van der Waals surface area contributed by atoms with Gasteiger partial charge in [0, 0.05) is 11.8 Å². The summed E-state index contributed by atoms with van der Waals surface area (Å²) >= 11 is 0. The van der Waals surface area contributed by atoms with Crippen molar-refractivity contribution in [1.82, 2.24) is 0 Å². The van der Waals surface area contributed by atoms with Gasteiger partial charge >= 0.3 is 0 Å². The lowest BCUT2D eigenvalue weighted by atomic mass is 9.73. The number of carbonyl (C=O) groups is 1. The minimum Gasteiger partial charge on any atom is -0.370 e. The second kappa shape index (κ2) is 4.35. The van der Waals surface area contributed by atoms with Crippen LogP contribution in [0.15, 0.2) is 54.6 Å². The number of allylic oxidation sites excluding steroid dienone is 4. The van der Waals surface area contributed by atoms with E-state index in [2.05, 4.69) is 12.2 Å². The lowest BCUT2D eigenvalue weighted by molar-refractivity contribution is -0.118. The Bertz CT molecular complexity index is 433. The predicted molar refractivity (Wildman–Crippen MR) is 64.8 cm³/mol. The van der Waals surface area contributed by atoms with E-state index in [1.54, 1.807) is 0 Å². The van der Waals surface area contributed by atoms with Crippen LogP contribution in [0.5, 0.6) is 0 Å². The zero-order chi connectivity index (χ0) is 11.4. The molecule has 2 heteroatoms. The van der Waals surface area contributed by atoms with Gasteiger partial charge in [-0.2, -0.15) is 0 Å². The molecule has 2 N–H and O–H groups in total. The predicted octanol–water partition coefficient (Wildman–Crippen LogP) is 2.32. The van der Waals surface area contributed by atoms with E-state index in [1.807, 2.05) is 42.5 Å². The number of nitrogens with two attached hydrogens (primary N) is 1. The minimum absolute atomic E-state index is 0.248. The van der Waals surface area contributed by atoms with Gasteiger partial charge in [-0.15, -0.1) is 0 Å². The third-order valence-electron chi connectivity index (χ3n) is 2.98. The molecule has 0 spiro atoms. The molecule has 0 aromatic heterocycles. The molecule has 0 radical (unpaired) electrons. The van der Waals surface area contributed by atoms with Gasteiger partial charge in [0.15, 0.2) is 0 Å². The summed E-state index contributed by atoms with van der Waals surface area (Å²) < 4.78 is 0. The number of hydrogen-bond acceptors (Lipinski definition) is 1. The van der Waals surface area contributed by atoms with Gasteiger partial charge in [0.1, 0.15) is 0 Å². The molecule has 0 fully saturated rings. The number of rotatable bonds is 3. The molecule has 82 valence electrons. The first-order valence-corrected chi connectivity index (χ1v) is 5.41. The fourth-order valence-electron chi connectivity index (χ4n) is 2.19. The normalized spacial score (nSPS) is 23.2. The van der Waals surface area contributed by atoms with Crippen LogP contribution in [0.3, 0.4) is 0 Å². The van der Waals surface area contributed by atoms with Crippen molar-refractivity contribution in [2.45, 2.75) is 18.3 Å². The summed E-state index contributed by atoms with van der Waals surface area (Å²) in [6, 6.07) is 10.1. The van der Waals surface area contributed by atoms with E-state index < -0.39 is 0 Å². The molecule has 1 amide bonds. The Morgan fingerprint density at radius 3 is 2.56 bits per heavy atom. The van der Waals surface area contributed by atoms with Crippen molar-refractivity contribution in [3.8, 4) is 0 Å². The number of carbonyl (C=O) groups excluding carboxylic acids is 1. The number of primary amides is 1. The average molecular weight is 213 g/mol. The Labute approximate surface area is 95.5 Å². The van der Waals surface area contributed by atoms with Crippen LogP contribution in [-0.4, -0.2) is 5.91 Å². The van der Waals surface area contributed by atoms with Crippen LogP contribution in [0.25, 0.3) is 0 Å². The SMILES string of the molecule is NC(=O)CC1(c2ccccc2)C=CC=CC1. The van der Waals surface area contributed by atoms with Crippen molar-refractivity contribution < 1.29 is 4.79 Å². The van der Waals surface area contributed by atoms with E-state index in [-0.39, 0.29) is 11.3 Å². The fraction of sp³-hybridized carbons (Fsp3) is 0.214. The number of amides is 1. The van der Waals surface area contributed by atoms with Gasteiger partial charge in [0.2, 0.25) is 5.91 Å². The first kappa shape index (κ1) is 10.7. The van der Waals surface area contributed by atoms with Crippen molar-refractivity contribution in [3.63, 3.8) is 0 Å². The van der Waals surface area contributed by atoms with Crippen molar-refractivity contribution >= 4 is 5.91 Å². The first-order chi connectivity index (χ1) is 7.73. The standard InChI is InChI=1S/C14H15NO/c15-13(16)11-14(9-5-2-6-10-14)12-7-3-1-4-8-12/h1-9H,10-11H2,(H2,15,16). The molecule has 2 nitrogen and oxygen atoms in total. The van der Waals surface area contributed by atoms with Gasteiger partial charge in [-0.3, -0.25) is 4.79 Å². The van der Waals surface area contributed by atoms with Gasteiger partial charge < -0.3 is 5.73 Å². The molecule has 1 aliphatic rings. The molecule has 1 aromatic carbocycles. The van der Waals surface area contributed by atoms with Crippen LogP contribution < -0.4 is 5.73 Å². The average Bonchev–Trinajstić information content (AvgIpc) is 2.30. The summed E-state index contributed by atoms with van der Waals surface area (Å²) in [5, 5.41) is 0. The Kier molecular flexibility index (Phi) is 2.91. The number of hydrogen-bond donors (Lipinski definition) is 1. The van der Waals surface area contributed by atoms with E-state index in [9.17, 15) is 4.79 Å². The molecule has 1 atom stereocenters. The van der Waals surface area contributed by atoms with E-state index in [1.165, 1.54) is 0 Å². The first-order valence-electron chi connectivity index (χ1n) is 5.41. The largest absolute Gasteiger partial charge is 0.370 e. The summed E-state index contributed by atoms with van der Waals surface area (Å²) in [4.78, 5) is 11.2. The van der Waals surface area contributed by atoms with E-state index in [0.29, 0.717) is 6.42 Å². The zero-order valence-electron chi connectivity index (χ0n) is 9.10. The lowest BCUT2D eigenvalue weighted by Gasteiger charge is -2.30. The summed E-state index contributed by atoms with van der Waals surface area (Å²) in [5.74, 6) is -0.260. The molecule has 1 aromatic rings. The Balaban J connectivity index is 2.39. The molecule has 0 heterocycles. The second-order valence-corrected chi connectivity index (χ2v) is 4.16. The fourth-order valence-corrected chi connectivity index (χ4v) is 2.19. The Hall–Kier alpha value is -1.83. The van der Waals surface area contributed by atoms with Gasteiger partial charge in [-0.1, -0.05) is 54.6 Å². The van der Waals surface area contributed by atoms with E-state index in [0.717, 1.165) is 12.0 Å². The van der Waals surface area contributed by atoms with Gasteiger partial charge in [0.05, 0.1) is 0 Å². The maximum absolute atomic E-state index is 11.2. The van der Waals surface area contributed by atoms with Crippen LogP contribution >= 0.6 is 0 Å². The second-order valence-electron chi connectivity index (χ2n) is 4.16. The van der Waals surface area contributed by atoms with E-state index >= 15 is 0 Å². The highest BCUT2D eigenvalue weighted by Crippen LogP contribution is 2.35. The van der Waals surface area contributed by atoms with Crippen LogP contribution in [0.1, 0.15) is 18.4 Å². The summed E-state index contributed by atoms with van der Waals surface area (Å²) in [7, 11) is 0. The molecular weight excluding hydrogens is 198 g/mol. The van der Waals surface area contributed by atoms with Crippen LogP contribution in [0.4, 0.5) is 0 Å². The smallest absolute Gasteiger partial charge is 0.218 e. The quantitative estimate of drug-likeness (QED) is 0.822. The third kappa shape index (κ3) is 2.06. The summed E-state index contributed by atoms with van der Waals surface area (Å²) in [5.41, 5.74) is 6.25. The molecule has 2 rings (SSSR count). The Morgan fingerprint density at radius 1 is 1.25 bits per heavy atom. The van der Waals surface area contributed by atoms with Crippen molar-refractivity contribution in [2.75, 3.05) is 0 Å². The molecule has 1 unspecified atom stereocenters. The topological polar surface area (TPSA) is 43.1 Å². The van der Waals surface area contributed by atoms with Crippen LogP contribution in [-0.2, 0) is 10.2 Å². The van der Waals surface area contributed by atoms with Crippen LogP contribution in [0.2, 0.25) is 0 Å². The van der Waals surface area contributed by atoms with Crippen molar-refractivity contribution in [3.05, 3.63) is 60.2 Å². The lowest BCUT2D eigenvalue weighted by Crippen LogP contribution is -2.30.